The van der Waals surface area contributed by atoms with E-state index < -0.39 is 23.6 Å². The van der Waals surface area contributed by atoms with Gasteiger partial charge in [-0.2, -0.15) is 0 Å². The molecule has 0 heterocycles. The Kier molecular flexibility index (Phi) is 6.36. The zero-order chi connectivity index (χ0) is 16.0. The second kappa shape index (κ2) is 7.56. The number of esters is 1. The largest absolute Gasteiger partial charge is 0.480 e. The number of halogens is 1. The Bertz CT molecular complexity index is 511. The van der Waals surface area contributed by atoms with Crippen molar-refractivity contribution in [1.82, 2.24) is 5.32 Å². The summed E-state index contributed by atoms with van der Waals surface area (Å²) in [4.78, 5) is 22.9. The first kappa shape index (κ1) is 17.7. The molecule has 1 aromatic rings. The molecular weight excluding hydrogens is 338 g/mol. The van der Waals surface area contributed by atoms with E-state index in [1.807, 2.05) is 24.3 Å². The van der Waals surface area contributed by atoms with Gasteiger partial charge in [0.05, 0.1) is 6.54 Å². The van der Waals surface area contributed by atoms with Crippen molar-refractivity contribution in [2.75, 3.05) is 6.54 Å². The van der Waals surface area contributed by atoms with E-state index in [2.05, 4.69) is 21.2 Å². The van der Waals surface area contributed by atoms with Crippen LogP contribution in [0.5, 0.6) is 0 Å². The second-order valence-corrected chi connectivity index (χ2v) is 6.61. The highest BCUT2D eigenvalue weighted by Gasteiger charge is 2.21. The van der Waals surface area contributed by atoms with Gasteiger partial charge in [0.15, 0.2) is 0 Å². The fraction of sp³-hybridized carbons (Fsp3) is 0.467. The fourth-order valence-electron chi connectivity index (χ4n) is 1.73. The molecule has 0 aromatic heterocycles. The summed E-state index contributed by atoms with van der Waals surface area (Å²) in [7, 11) is 0. The Balaban J connectivity index is 2.59. The minimum Gasteiger partial charge on any atom is -0.480 e. The van der Waals surface area contributed by atoms with Crippen LogP contribution in [0.15, 0.2) is 28.7 Å². The van der Waals surface area contributed by atoms with Gasteiger partial charge in [0.1, 0.15) is 11.6 Å². The summed E-state index contributed by atoms with van der Waals surface area (Å²) in [6, 6.07) is 6.56. The standard InChI is InChI=1S/C15H20BrNO4/c1-15(2,3)21-13(18)9-17-12(14(19)20)8-10-5-4-6-11(16)7-10/h4-7,12,17H,8-9H2,1-3H3,(H,19,20). The van der Waals surface area contributed by atoms with Gasteiger partial charge in [-0.15, -0.1) is 0 Å². The number of rotatable bonds is 6. The van der Waals surface area contributed by atoms with Crippen LogP contribution >= 0.6 is 15.9 Å². The number of carboxylic acids is 1. The van der Waals surface area contributed by atoms with E-state index >= 15 is 0 Å². The average Bonchev–Trinajstić information content (AvgIpc) is 2.32. The van der Waals surface area contributed by atoms with Crippen LogP contribution in [0.4, 0.5) is 0 Å². The van der Waals surface area contributed by atoms with Crippen molar-refractivity contribution in [3.05, 3.63) is 34.3 Å². The monoisotopic (exact) mass is 357 g/mol. The Hall–Kier alpha value is -1.40. The van der Waals surface area contributed by atoms with Crippen LogP contribution in [0.25, 0.3) is 0 Å². The summed E-state index contributed by atoms with van der Waals surface area (Å²) in [6.45, 7) is 5.16. The van der Waals surface area contributed by atoms with Crippen molar-refractivity contribution in [3.8, 4) is 0 Å². The van der Waals surface area contributed by atoms with Gasteiger partial charge in [0.2, 0.25) is 0 Å². The van der Waals surface area contributed by atoms with Gasteiger partial charge in [-0.25, -0.2) is 0 Å². The summed E-state index contributed by atoms with van der Waals surface area (Å²) in [5.41, 5.74) is 0.287. The minimum absolute atomic E-state index is 0.137. The number of ether oxygens (including phenoxy) is 1. The third-order valence-corrected chi connectivity index (χ3v) is 3.03. The predicted octanol–water partition coefficient (Wildman–Crippen LogP) is 2.38. The van der Waals surface area contributed by atoms with Crippen LogP contribution in [0.2, 0.25) is 0 Å². The van der Waals surface area contributed by atoms with E-state index in [1.54, 1.807) is 20.8 Å². The topological polar surface area (TPSA) is 75.6 Å². The number of hydrogen-bond donors (Lipinski definition) is 2. The van der Waals surface area contributed by atoms with Gasteiger partial charge in [-0.3, -0.25) is 14.9 Å². The highest BCUT2D eigenvalue weighted by molar-refractivity contribution is 9.10. The number of carbonyl (C=O) groups excluding carboxylic acids is 1. The van der Waals surface area contributed by atoms with Crippen LogP contribution in [0.1, 0.15) is 26.3 Å². The maximum Gasteiger partial charge on any atom is 0.321 e. The van der Waals surface area contributed by atoms with Gasteiger partial charge in [0.25, 0.3) is 0 Å². The van der Waals surface area contributed by atoms with Crippen molar-refractivity contribution in [2.45, 2.75) is 38.8 Å². The molecule has 2 N–H and O–H groups in total. The predicted molar refractivity (Wildman–Crippen MR) is 83.1 cm³/mol. The van der Waals surface area contributed by atoms with Crippen molar-refractivity contribution in [2.24, 2.45) is 0 Å². The first-order chi connectivity index (χ1) is 9.67. The van der Waals surface area contributed by atoms with Crippen molar-refractivity contribution >= 4 is 27.9 Å². The lowest BCUT2D eigenvalue weighted by atomic mass is 10.1. The molecule has 0 bridgehead atoms. The SMILES string of the molecule is CC(C)(C)OC(=O)CNC(Cc1cccc(Br)c1)C(=O)O. The third-order valence-electron chi connectivity index (χ3n) is 2.54. The highest BCUT2D eigenvalue weighted by atomic mass is 79.9. The number of carboxylic acid groups (broad SMARTS) is 1. The lowest BCUT2D eigenvalue weighted by Gasteiger charge is -2.21. The lowest BCUT2D eigenvalue weighted by molar-refractivity contribution is -0.154. The molecule has 1 rings (SSSR count). The van der Waals surface area contributed by atoms with Crippen LogP contribution in [-0.2, 0) is 20.7 Å². The molecule has 1 aromatic carbocycles. The lowest BCUT2D eigenvalue weighted by Crippen LogP contribution is -2.42. The minimum atomic E-state index is -1.00. The maximum atomic E-state index is 11.6. The van der Waals surface area contributed by atoms with E-state index in [0.29, 0.717) is 0 Å². The molecule has 21 heavy (non-hydrogen) atoms. The molecule has 0 aliphatic carbocycles. The number of hydrogen-bond acceptors (Lipinski definition) is 4. The summed E-state index contributed by atoms with van der Waals surface area (Å²) in [5.74, 6) is -1.47. The summed E-state index contributed by atoms with van der Waals surface area (Å²) in [5, 5.41) is 11.9. The second-order valence-electron chi connectivity index (χ2n) is 5.69. The Morgan fingerprint density at radius 2 is 2.05 bits per heavy atom. The highest BCUT2D eigenvalue weighted by Crippen LogP contribution is 2.13. The summed E-state index contributed by atoms with van der Waals surface area (Å²) < 4.78 is 6.02. The summed E-state index contributed by atoms with van der Waals surface area (Å²) in [6.07, 6.45) is 0.289. The van der Waals surface area contributed by atoms with Gasteiger partial charge in [0, 0.05) is 4.47 Å². The molecule has 0 fully saturated rings. The molecule has 0 spiro atoms. The van der Waals surface area contributed by atoms with Gasteiger partial charge in [-0.05, 0) is 44.9 Å². The molecule has 0 radical (unpaired) electrons. The number of aliphatic carboxylic acids is 1. The van der Waals surface area contributed by atoms with Gasteiger partial charge in [-0.1, -0.05) is 28.1 Å². The number of benzene rings is 1. The quantitative estimate of drug-likeness (QED) is 0.764. The normalized spacial score (nSPS) is 12.8. The Labute approximate surface area is 132 Å². The zero-order valence-electron chi connectivity index (χ0n) is 12.4. The molecule has 5 nitrogen and oxygen atoms in total. The van der Waals surface area contributed by atoms with Crippen molar-refractivity contribution in [1.29, 1.82) is 0 Å². The summed E-state index contributed by atoms with van der Waals surface area (Å²) >= 11 is 3.34. The van der Waals surface area contributed by atoms with Gasteiger partial charge >= 0.3 is 11.9 Å². The van der Waals surface area contributed by atoms with Crippen LogP contribution in [-0.4, -0.2) is 35.2 Å². The van der Waals surface area contributed by atoms with Crippen LogP contribution < -0.4 is 5.32 Å². The molecule has 0 aliphatic rings. The van der Waals surface area contributed by atoms with E-state index in [-0.39, 0.29) is 13.0 Å². The first-order valence-electron chi connectivity index (χ1n) is 6.60. The van der Waals surface area contributed by atoms with E-state index in [0.717, 1.165) is 10.0 Å². The number of carbonyl (C=O) groups is 2. The van der Waals surface area contributed by atoms with E-state index in [4.69, 9.17) is 4.74 Å². The van der Waals surface area contributed by atoms with Gasteiger partial charge < -0.3 is 9.84 Å². The van der Waals surface area contributed by atoms with E-state index in [9.17, 15) is 14.7 Å². The Morgan fingerprint density at radius 3 is 2.57 bits per heavy atom. The molecule has 6 heteroatoms. The molecule has 0 saturated carbocycles. The molecule has 1 atom stereocenters. The molecular formula is C15H20BrNO4. The fourth-order valence-corrected chi connectivity index (χ4v) is 2.18. The van der Waals surface area contributed by atoms with Crippen LogP contribution in [0, 0.1) is 0 Å². The Morgan fingerprint density at radius 1 is 1.38 bits per heavy atom. The molecule has 0 amide bonds. The third kappa shape index (κ3) is 7.24. The maximum absolute atomic E-state index is 11.6. The van der Waals surface area contributed by atoms with Crippen LogP contribution in [0.3, 0.4) is 0 Å². The van der Waals surface area contributed by atoms with Crippen molar-refractivity contribution in [3.63, 3.8) is 0 Å². The molecule has 1 unspecified atom stereocenters. The zero-order valence-corrected chi connectivity index (χ0v) is 13.9. The first-order valence-corrected chi connectivity index (χ1v) is 7.39. The average molecular weight is 358 g/mol. The van der Waals surface area contributed by atoms with Crippen molar-refractivity contribution < 1.29 is 19.4 Å². The smallest absolute Gasteiger partial charge is 0.321 e. The molecule has 116 valence electrons. The number of nitrogens with one attached hydrogen (secondary N) is 1. The van der Waals surface area contributed by atoms with E-state index in [1.165, 1.54) is 0 Å². The molecule has 0 saturated heterocycles. The molecule has 0 aliphatic heterocycles.